The monoisotopic (exact) mass is 305 g/mol. The largest absolute Gasteiger partial charge is 0.481 e. The third-order valence-corrected chi connectivity index (χ3v) is 2.84. The van der Waals surface area contributed by atoms with Crippen LogP contribution in [0.2, 0.25) is 0 Å². The van der Waals surface area contributed by atoms with E-state index in [2.05, 4.69) is 15.2 Å². The highest BCUT2D eigenvalue weighted by Crippen LogP contribution is 2.29. The lowest BCUT2D eigenvalue weighted by Gasteiger charge is -2.05. The third kappa shape index (κ3) is 3.47. The Balaban J connectivity index is 2.14. The number of halogens is 3. The first-order valence-corrected chi connectivity index (χ1v) is 6.06. The maximum absolute atomic E-state index is 12.4. The summed E-state index contributed by atoms with van der Waals surface area (Å²) in [5, 5.41) is 15.6. The number of alkyl halides is 3. The van der Waals surface area contributed by atoms with Crippen molar-refractivity contribution < 1.29 is 27.5 Å². The van der Waals surface area contributed by atoms with Gasteiger partial charge in [0, 0.05) is 6.20 Å². The maximum atomic E-state index is 12.4. The molecule has 0 bridgehead atoms. The van der Waals surface area contributed by atoms with Gasteiger partial charge in [-0.3, -0.25) is 9.78 Å². The van der Waals surface area contributed by atoms with E-state index < -0.39 is 17.7 Å². The van der Waals surface area contributed by atoms with E-state index in [0.29, 0.717) is 6.20 Å². The Bertz CT molecular complexity index is 612. The van der Waals surface area contributed by atoms with Crippen LogP contribution >= 0.6 is 11.8 Å². The second kappa shape index (κ2) is 5.49. The van der Waals surface area contributed by atoms with Crippen molar-refractivity contribution in [3.05, 3.63) is 23.9 Å². The molecule has 0 amide bonds. The zero-order chi connectivity index (χ0) is 14.8. The SMILES string of the molecule is O=C(O)CSc1nnc(-c2ccc(C(F)(F)F)cn2)o1. The van der Waals surface area contributed by atoms with Crippen LogP contribution in [-0.2, 0) is 11.0 Å². The molecule has 10 heteroatoms. The van der Waals surface area contributed by atoms with Crippen LogP contribution in [0.15, 0.2) is 28.0 Å². The molecule has 0 spiro atoms. The minimum Gasteiger partial charge on any atom is -0.481 e. The quantitative estimate of drug-likeness (QED) is 0.867. The summed E-state index contributed by atoms with van der Waals surface area (Å²) >= 11 is 0.804. The number of hydrogen-bond donors (Lipinski definition) is 1. The number of nitrogens with zero attached hydrogens (tertiary/aromatic N) is 3. The van der Waals surface area contributed by atoms with Gasteiger partial charge in [-0.1, -0.05) is 11.8 Å². The average Bonchev–Trinajstić information content (AvgIpc) is 2.84. The van der Waals surface area contributed by atoms with Crippen molar-refractivity contribution in [2.75, 3.05) is 5.75 Å². The molecule has 2 heterocycles. The molecule has 0 aliphatic carbocycles. The highest BCUT2D eigenvalue weighted by atomic mass is 32.2. The summed E-state index contributed by atoms with van der Waals surface area (Å²) < 4.78 is 42.1. The van der Waals surface area contributed by atoms with Gasteiger partial charge in [-0.25, -0.2) is 0 Å². The first-order valence-electron chi connectivity index (χ1n) is 5.08. The molecule has 0 radical (unpaired) electrons. The summed E-state index contributed by atoms with van der Waals surface area (Å²) in [7, 11) is 0. The van der Waals surface area contributed by atoms with Crippen molar-refractivity contribution in [1.82, 2.24) is 15.2 Å². The van der Waals surface area contributed by atoms with Gasteiger partial charge in [0.2, 0.25) is 0 Å². The molecule has 2 aromatic rings. The molecule has 0 aliphatic heterocycles. The fourth-order valence-electron chi connectivity index (χ4n) is 1.18. The normalized spacial score (nSPS) is 11.6. The number of rotatable bonds is 4. The molecule has 20 heavy (non-hydrogen) atoms. The van der Waals surface area contributed by atoms with Crippen molar-refractivity contribution in [2.24, 2.45) is 0 Å². The average molecular weight is 305 g/mol. The van der Waals surface area contributed by atoms with Gasteiger partial charge in [0.25, 0.3) is 11.1 Å². The summed E-state index contributed by atoms with van der Waals surface area (Å²) in [6.45, 7) is 0. The molecule has 0 unspecified atom stereocenters. The Kier molecular flexibility index (Phi) is 3.93. The van der Waals surface area contributed by atoms with Gasteiger partial charge in [-0.05, 0) is 12.1 Å². The Morgan fingerprint density at radius 1 is 1.35 bits per heavy atom. The molecule has 0 saturated carbocycles. The van der Waals surface area contributed by atoms with Crippen molar-refractivity contribution in [3.8, 4) is 11.6 Å². The number of hydrogen-bond acceptors (Lipinski definition) is 6. The van der Waals surface area contributed by atoms with Gasteiger partial charge in [-0.15, -0.1) is 10.2 Å². The Hall–Kier alpha value is -2.10. The van der Waals surface area contributed by atoms with E-state index in [4.69, 9.17) is 9.52 Å². The van der Waals surface area contributed by atoms with Crippen LogP contribution < -0.4 is 0 Å². The van der Waals surface area contributed by atoms with Gasteiger partial charge in [0.15, 0.2) is 0 Å². The number of carboxylic acid groups (broad SMARTS) is 1. The van der Waals surface area contributed by atoms with E-state index in [0.717, 1.165) is 23.9 Å². The Labute approximate surface area is 114 Å². The first-order chi connectivity index (χ1) is 9.36. The van der Waals surface area contributed by atoms with Crippen molar-refractivity contribution in [2.45, 2.75) is 11.4 Å². The molecule has 2 aromatic heterocycles. The number of aromatic nitrogens is 3. The van der Waals surface area contributed by atoms with E-state index in [1.807, 2.05) is 0 Å². The number of pyridine rings is 1. The smallest absolute Gasteiger partial charge is 0.417 e. The lowest BCUT2D eigenvalue weighted by atomic mass is 10.2. The van der Waals surface area contributed by atoms with Crippen molar-refractivity contribution in [3.63, 3.8) is 0 Å². The van der Waals surface area contributed by atoms with Crippen LogP contribution in [0, 0.1) is 0 Å². The number of carbonyl (C=O) groups is 1. The summed E-state index contributed by atoms with van der Waals surface area (Å²) in [4.78, 5) is 13.9. The first kappa shape index (κ1) is 14.3. The molecule has 0 atom stereocenters. The second-order valence-corrected chi connectivity index (χ2v) is 4.41. The van der Waals surface area contributed by atoms with Crippen LogP contribution in [-0.4, -0.2) is 32.0 Å². The number of aliphatic carboxylic acids is 1. The van der Waals surface area contributed by atoms with Crippen LogP contribution in [0.4, 0.5) is 13.2 Å². The minimum absolute atomic E-state index is 0.00379. The van der Waals surface area contributed by atoms with Gasteiger partial charge >= 0.3 is 12.1 Å². The van der Waals surface area contributed by atoms with E-state index in [9.17, 15) is 18.0 Å². The molecule has 0 fully saturated rings. The maximum Gasteiger partial charge on any atom is 0.417 e. The fraction of sp³-hybridized carbons (Fsp3) is 0.200. The summed E-state index contributed by atoms with van der Waals surface area (Å²) in [5.74, 6) is -1.39. The van der Waals surface area contributed by atoms with Gasteiger partial charge in [0.05, 0.1) is 5.56 Å². The van der Waals surface area contributed by atoms with Crippen molar-refractivity contribution in [1.29, 1.82) is 0 Å². The predicted octanol–water partition coefficient (Wildman–Crippen LogP) is 2.33. The molecule has 106 valence electrons. The highest BCUT2D eigenvalue weighted by molar-refractivity contribution is 7.99. The van der Waals surface area contributed by atoms with E-state index in [1.54, 1.807) is 0 Å². The molecular weight excluding hydrogens is 299 g/mol. The van der Waals surface area contributed by atoms with Crippen molar-refractivity contribution >= 4 is 17.7 Å². The number of carboxylic acids is 1. The predicted molar refractivity (Wildman–Crippen MR) is 60.9 cm³/mol. The minimum atomic E-state index is -4.47. The van der Waals surface area contributed by atoms with E-state index in [-0.39, 0.29) is 22.6 Å². The zero-order valence-electron chi connectivity index (χ0n) is 9.59. The topological polar surface area (TPSA) is 89.1 Å². The van der Waals surface area contributed by atoms with Crippen LogP contribution in [0.5, 0.6) is 0 Å². The molecule has 0 aromatic carbocycles. The van der Waals surface area contributed by atoms with Crippen LogP contribution in [0.25, 0.3) is 11.6 Å². The summed E-state index contributed by atoms with van der Waals surface area (Å²) in [6, 6.07) is 1.94. The molecular formula is C10H6F3N3O3S. The molecule has 1 N–H and O–H groups in total. The van der Waals surface area contributed by atoms with Gasteiger partial charge in [0.1, 0.15) is 11.4 Å². The molecule has 6 nitrogen and oxygen atoms in total. The fourth-order valence-corrected chi connectivity index (χ4v) is 1.67. The lowest BCUT2D eigenvalue weighted by Crippen LogP contribution is -2.05. The Morgan fingerprint density at radius 3 is 2.65 bits per heavy atom. The molecule has 0 aliphatic rings. The molecule has 0 saturated heterocycles. The van der Waals surface area contributed by atoms with Crippen LogP contribution in [0.3, 0.4) is 0 Å². The zero-order valence-corrected chi connectivity index (χ0v) is 10.4. The third-order valence-electron chi connectivity index (χ3n) is 2.04. The van der Waals surface area contributed by atoms with Gasteiger partial charge in [-0.2, -0.15) is 13.2 Å². The summed E-state index contributed by atoms with van der Waals surface area (Å²) in [6.07, 6.45) is -3.81. The molecule has 2 rings (SSSR count). The second-order valence-electron chi connectivity index (χ2n) is 3.49. The van der Waals surface area contributed by atoms with Crippen LogP contribution in [0.1, 0.15) is 5.56 Å². The standard InChI is InChI=1S/C10H6F3N3O3S/c11-10(12,13)5-1-2-6(14-3-5)8-15-16-9(19-8)20-4-7(17)18/h1-3H,4H2,(H,17,18). The van der Waals surface area contributed by atoms with E-state index >= 15 is 0 Å². The Morgan fingerprint density at radius 2 is 2.10 bits per heavy atom. The van der Waals surface area contributed by atoms with Gasteiger partial charge < -0.3 is 9.52 Å². The number of thioether (sulfide) groups is 1. The van der Waals surface area contributed by atoms with E-state index in [1.165, 1.54) is 0 Å². The lowest BCUT2D eigenvalue weighted by molar-refractivity contribution is -0.138. The highest BCUT2D eigenvalue weighted by Gasteiger charge is 2.30. The summed E-state index contributed by atoms with van der Waals surface area (Å²) in [5.41, 5.74) is -0.811.